The van der Waals surface area contributed by atoms with E-state index in [4.69, 9.17) is 18.9 Å². The van der Waals surface area contributed by atoms with E-state index in [2.05, 4.69) is 0 Å². The highest BCUT2D eigenvalue weighted by atomic mass is 16.8. The Morgan fingerprint density at radius 3 is 1.74 bits per heavy atom. The zero-order chi connectivity index (χ0) is 26.5. The molecule has 0 aromatic carbocycles. The monoisotopic (exact) mass is 520 g/mol. The molecule has 3 aliphatic rings. The van der Waals surface area contributed by atoms with Gasteiger partial charge in [0.15, 0.2) is 18.2 Å². The minimum atomic E-state index is -3.36. The summed E-state index contributed by atoms with van der Waals surface area (Å²) in [6, 6.07) is 0. The first-order chi connectivity index (χ1) is 16.3. The van der Waals surface area contributed by atoms with Crippen LogP contribution in [0.3, 0.4) is 0 Å². The second-order valence-corrected chi connectivity index (χ2v) is 8.75. The normalized spacial score (nSPS) is 55.6. The molecule has 17 nitrogen and oxygen atoms in total. The van der Waals surface area contributed by atoms with Gasteiger partial charge in [-0.25, -0.2) is 0 Å². The highest BCUT2D eigenvalue weighted by Crippen LogP contribution is 2.45. The van der Waals surface area contributed by atoms with Gasteiger partial charge in [0.05, 0.1) is 19.8 Å². The van der Waals surface area contributed by atoms with E-state index in [0.29, 0.717) is 0 Å². The van der Waals surface area contributed by atoms with Crippen LogP contribution in [0.1, 0.15) is 0 Å². The van der Waals surface area contributed by atoms with Gasteiger partial charge in [-0.05, 0) is 0 Å². The Morgan fingerprint density at radius 2 is 1.20 bits per heavy atom. The molecule has 3 aliphatic heterocycles. The van der Waals surface area contributed by atoms with Gasteiger partial charge in [-0.2, -0.15) is 0 Å². The van der Waals surface area contributed by atoms with Crippen LogP contribution in [-0.2, 0) is 18.9 Å². The van der Waals surface area contributed by atoms with Gasteiger partial charge in [0.2, 0.25) is 5.79 Å². The van der Waals surface area contributed by atoms with Gasteiger partial charge < -0.3 is 85.3 Å². The Balaban J connectivity index is 1.99. The van der Waals surface area contributed by atoms with Crippen molar-refractivity contribution >= 4 is 0 Å². The van der Waals surface area contributed by atoms with Crippen molar-refractivity contribution < 1.29 is 85.3 Å². The lowest BCUT2D eigenvalue weighted by Crippen LogP contribution is -2.82. The summed E-state index contributed by atoms with van der Waals surface area (Å²) in [6.45, 7) is -3.40. The van der Waals surface area contributed by atoms with Crippen LogP contribution in [0, 0.1) is 0 Å². The minimum Gasteiger partial charge on any atom is -0.394 e. The smallest absolute Gasteiger partial charge is 0.230 e. The first-order valence-electron chi connectivity index (χ1n) is 10.6. The third kappa shape index (κ3) is 4.49. The van der Waals surface area contributed by atoms with Crippen molar-refractivity contribution in [2.75, 3.05) is 19.8 Å². The van der Waals surface area contributed by atoms with E-state index in [-0.39, 0.29) is 0 Å². The first-order valence-corrected chi connectivity index (χ1v) is 10.6. The third-order valence-corrected chi connectivity index (χ3v) is 6.69. The van der Waals surface area contributed by atoms with Crippen molar-refractivity contribution in [1.29, 1.82) is 0 Å². The number of ether oxygens (including phenoxy) is 4. The average molecular weight is 520 g/mol. The van der Waals surface area contributed by atoms with Crippen LogP contribution in [0.4, 0.5) is 0 Å². The number of aliphatic hydroxyl groups is 13. The third-order valence-electron chi connectivity index (χ3n) is 6.69. The molecule has 0 aromatic heterocycles. The van der Waals surface area contributed by atoms with Crippen molar-refractivity contribution in [3.63, 3.8) is 0 Å². The molecule has 0 amide bonds. The number of hydrogen-bond donors (Lipinski definition) is 13. The SMILES string of the molecule is OC[C@H]1OC(O)([C@]2(CO)O[C@@H](O[C@H]3[C@H](O)C(O)C(O)O[C@@H]3CO)[C@H](O)[C@@H](O)[C@H]2O)[C@H](O)[C@@H](O)[C@H]1O. The summed E-state index contributed by atoms with van der Waals surface area (Å²) >= 11 is 0. The maximum absolute atomic E-state index is 11.2. The lowest BCUT2D eigenvalue weighted by Gasteiger charge is -2.58. The Bertz CT molecular complexity index is 711. The van der Waals surface area contributed by atoms with Gasteiger partial charge in [-0.15, -0.1) is 0 Å². The zero-order valence-electron chi connectivity index (χ0n) is 18.1. The molecule has 15 atom stereocenters. The zero-order valence-corrected chi connectivity index (χ0v) is 18.1. The molecule has 0 radical (unpaired) electrons. The molecule has 3 heterocycles. The van der Waals surface area contributed by atoms with Gasteiger partial charge in [-0.3, -0.25) is 0 Å². The molecule has 35 heavy (non-hydrogen) atoms. The minimum absolute atomic E-state index is 0.890. The van der Waals surface area contributed by atoms with Crippen LogP contribution in [-0.4, -0.2) is 177 Å². The molecule has 3 fully saturated rings. The lowest BCUT2D eigenvalue weighted by molar-refractivity contribution is -0.465. The summed E-state index contributed by atoms with van der Waals surface area (Å²) in [4.78, 5) is 0. The van der Waals surface area contributed by atoms with Crippen molar-refractivity contribution in [1.82, 2.24) is 0 Å². The average Bonchev–Trinajstić information content (AvgIpc) is 2.85. The predicted molar refractivity (Wildman–Crippen MR) is 102 cm³/mol. The van der Waals surface area contributed by atoms with E-state index in [1.54, 1.807) is 0 Å². The van der Waals surface area contributed by atoms with E-state index in [1.807, 2.05) is 0 Å². The van der Waals surface area contributed by atoms with Crippen LogP contribution in [0.2, 0.25) is 0 Å². The summed E-state index contributed by atoms with van der Waals surface area (Å²) in [6.07, 6.45) is -26.8. The predicted octanol–water partition coefficient (Wildman–Crippen LogP) is -8.86. The molecular weight excluding hydrogens is 488 g/mol. The summed E-state index contributed by atoms with van der Waals surface area (Å²) < 4.78 is 20.8. The highest BCUT2D eigenvalue weighted by molar-refractivity contribution is 5.14. The fourth-order valence-electron chi connectivity index (χ4n) is 4.51. The van der Waals surface area contributed by atoms with Gasteiger partial charge in [0.1, 0.15) is 67.1 Å². The van der Waals surface area contributed by atoms with Crippen LogP contribution < -0.4 is 0 Å². The summed E-state index contributed by atoms with van der Waals surface area (Å²) in [5, 5.41) is 132. The Hall–Kier alpha value is -0.680. The van der Waals surface area contributed by atoms with Gasteiger partial charge >= 0.3 is 0 Å². The fraction of sp³-hybridized carbons (Fsp3) is 1.00. The second kappa shape index (κ2) is 10.6. The largest absolute Gasteiger partial charge is 0.394 e. The molecule has 0 saturated carbocycles. The molecular formula is C18H32O17. The summed E-state index contributed by atoms with van der Waals surface area (Å²) in [5.41, 5.74) is -3.03. The van der Waals surface area contributed by atoms with Crippen molar-refractivity contribution in [3.8, 4) is 0 Å². The van der Waals surface area contributed by atoms with Crippen LogP contribution in [0.15, 0.2) is 0 Å². The number of rotatable bonds is 6. The Labute approximate surface area is 197 Å². The fourth-order valence-corrected chi connectivity index (χ4v) is 4.51. The van der Waals surface area contributed by atoms with E-state index in [0.717, 1.165) is 0 Å². The topological polar surface area (TPSA) is 300 Å². The maximum Gasteiger partial charge on any atom is 0.230 e. The molecule has 3 unspecified atom stereocenters. The molecule has 206 valence electrons. The van der Waals surface area contributed by atoms with E-state index < -0.39 is 111 Å². The Kier molecular flexibility index (Phi) is 8.74. The molecule has 3 rings (SSSR count). The molecule has 0 spiro atoms. The number of aliphatic hydroxyl groups excluding tert-OH is 12. The van der Waals surface area contributed by atoms with Crippen LogP contribution >= 0.6 is 0 Å². The van der Waals surface area contributed by atoms with Crippen molar-refractivity contribution in [2.24, 2.45) is 0 Å². The molecule has 0 aromatic rings. The van der Waals surface area contributed by atoms with E-state index in [1.165, 1.54) is 0 Å². The van der Waals surface area contributed by atoms with Crippen LogP contribution in [0.25, 0.3) is 0 Å². The van der Waals surface area contributed by atoms with Crippen molar-refractivity contribution in [2.45, 2.75) is 91.1 Å². The maximum atomic E-state index is 11.2. The van der Waals surface area contributed by atoms with E-state index >= 15 is 0 Å². The highest BCUT2D eigenvalue weighted by Gasteiger charge is 2.71. The van der Waals surface area contributed by atoms with Gasteiger partial charge in [0.25, 0.3) is 0 Å². The first kappa shape index (κ1) is 28.9. The molecule has 17 heteroatoms. The summed E-state index contributed by atoms with van der Waals surface area (Å²) in [5.74, 6) is -3.36. The molecule has 0 aliphatic carbocycles. The van der Waals surface area contributed by atoms with Gasteiger partial charge in [-0.1, -0.05) is 0 Å². The van der Waals surface area contributed by atoms with E-state index in [9.17, 15) is 66.4 Å². The van der Waals surface area contributed by atoms with Gasteiger partial charge in [0, 0.05) is 0 Å². The lowest BCUT2D eigenvalue weighted by atomic mass is 9.74. The molecule has 0 bridgehead atoms. The second-order valence-electron chi connectivity index (χ2n) is 8.75. The molecule has 13 N–H and O–H groups in total. The number of hydrogen-bond acceptors (Lipinski definition) is 17. The quantitative estimate of drug-likeness (QED) is 0.155. The molecule has 3 saturated heterocycles. The Morgan fingerprint density at radius 1 is 0.629 bits per heavy atom. The van der Waals surface area contributed by atoms with Crippen molar-refractivity contribution in [3.05, 3.63) is 0 Å². The standard InChI is InChI=1S/C18H32O17/c19-1-4-6(22)8(24)14(29)18(31,34-4)17(3-21)13(28)9(25)11(27)16(35-17)33-12-5(2-20)32-15(30)10(26)7(12)23/h4-16,19-31H,1-3H2/t4-,5-,6+,7-,8+,9-,10?,11-,12-,13-,14-,15?,16-,17-,18?/m1/s1. The van der Waals surface area contributed by atoms with Crippen LogP contribution in [0.5, 0.6) is 0 Å². The summed E-state index contributed by atoms with van der Waals surface area (Å²) in [7, 11) is 0.